The molecule has 2 rings (SSSR count). The van der Waals surface area contributed by atoms with E-state index in [0.717, 1.165) is 19.0 Å². The fourth-order valence-corrected chi connectivity index (χ4v) is 5.74. The Kier molecular flexibility index (Phi) is 4.53. The van der Waals surface area contributed by atoms with Crippen LogP contribution in [0.2, 0.25) is 0 Å². The van der Waals surface area contributed by atoms with Crippen LogP contribution < -0.4 is 0 Å². The molecule has 0 saturated heterocycles. The van der Waals surface area contributed by atoms with E-state index in [1.165, 1.54) is 38.5 Å². The SMILES string of the molecule is SC1=C(S)SC2CCCCCCC2S1. The molecule has 0 N–H and O–H groups in total. The van der Waals surface area contributed by atoms with Crippen LogP contribution >= 0.6 is 48.8 Å². The van der Waals surface area contributed by atoms with E-state index in [4.69, 9.17) is 0 Å². The lowest BCUT2D eigenvalue weighted by Gasteiger charge is -2.32. The molecule has 0 spiro atoms. The van der Waals surface area contributed by atoms with E-state index < -0.39 is 0 Å². The number of thioether (sulfide) groups is 2. The Morgan fingerprint density at radius 3 is 1.64 bits per heavy atom. The van der Waals surface area contributed by atoms with E-state index in [9.17, 15) is 0 Å². The molecule has 2 atom stereocenters. The normalized spacial score (nSPS) is 34.7. The quantitative estimate of drug-likeness (QED) is 0.616. The van der Waals surface area contributed by atoms with Crippen LogP contribution in [-0.4, -0.2) is 10.5 Å². The van der Waals surface area contributed by atoms with Gasteiger partial charge in [-0.15, -0.1) is 48.8 Å². The van der Waals surface area contributed by atoms with E-state index in [-0.39, 0.29) is 0 Å². The van der Waals surface area contributed by atoms with Gasteiger partial charge in [0, 0.05) is 10.5 Å². The highest BCUT2D eigenvalue weighted by molar-refractivity contribution is 8.24. The summed E-state index contributed by atoms with van der Waals surface area (Å²) in [6.45, 7) is 0. The van der Waals surface area contributed by atoms with E-state index in [2.05, 4.69) is 25.3 Å². The van der Waals surface area contributed by atoms with E-state index in [1.807, 2.05) is 23.5 Å². The number of hydrogen-bond acceptors (Lipinski definition) is 4. The van der Waals surface area contributed by atoms with Crippen LogP contribution in [0, 0.1) is 0 Å². The predicted molar refractivity (Wildman–Crippen MR) is 75.5 cm³/mol. The summed E-state index contributed by atoms with van der Waals surface area (Å²) in [5.41, 5.74) is 0. The summed E-state index contributed by atoms with van der Waals surface area (Å²) in [5, 5.41) is 1.59. The third-order valence-corrected chi connectivity index (χ3v) is 7.30. The molecule has 14 heavy (non-hydrogen) atoms. The summed E-state index contributed by atoms with van der Waals surface area (Å²) in [5.74, 6) is 0. The lowest BCUT2D eigenvalue weighted by molar-refractivity contribution is 0.522. The van der Waals surface area contributed by atoms with Gasteiger partial charge in [0.1, 0.15) is 0 Å². The van der Waals surface area contributed by atoms with Crippen molar-refractivity contribution < 1.29 is 0 Å². The minimum atomic E-state index is 0.795. The Bertz CT molecular complexity index is 212. The van der Waals surface area contributed by atoms with Crippen LogP contribution in [0.15, 0.2) is 8.47 Å². The zero-order valence-electron chi connectivity index (χ0n) is 8.11. The Morgan fingerprint density at radius 2 is 1.21 bits per heavy atom. The third-order valence-electron chi connectivity index (χ3n) is 2.85. The molecule has 0 aromatic carbocycles. The number of rotatable bonds is 0. The first-order valence-corrected chi connectivity index (χ1v) is 7.88. The van der Waals surface area contributed by atoms with Gasteiger partial charge in [0.2, 0.25) is 0 Å². The van der Waals surface area contributed by atoms with Gasteiger partial charge in [-0.25, -0.2) is 0 Å². The average Bonchev–Trinajstić information content (AvgIpc) is 2.13. The molecule has 1 aliphatic heterocycles. The van der Waals surface area contributed by atoms with Crippen molar-refractivity contribution >= 4 is 48.8 Å². The number of fused-ring (bicyclic) bond motifs is 1. The van der Waals surface area contributed by atoms with Crippen molar-refractivity contribution in [2.45, 2.75) is 49.0 Å². The Hall–Kier alpha value is 1.14. The molecular formula is C10H16S4. The fourth-order valence-electron chi connectivity index (χ4n) is 2.07. The van der Waals surface area contributed by atoms with Gasteiger partial charge < -0.3 is 0 Å². The molecule has 80 valence electrons. The molecular weight excluding hydrogens is 248 g/mol. The second kappa shape index (κ2) is 5.46. The standard InChI is InChI=1S/C10H16S4/c11-9-10(12)14-8-6-4-2-1-3-5-7(8)13-9/h7-8,11-12H,1-6H2. The van der Waals surface area contributed by atoms with Gasteiger partial charge >= 0.3 is 0 Å². The van der Waals surface area contributed by atoms with Gasteiger partial charge in [0.25, 0.3) is 0 Å². The van der Waals surface area contributed by atoms with Gasteiger partial charge in [0.05, 0.1) is 8.47 Å². The predicted octanol–water partition coefficient (Wildman–Crippen LogP) is 4.54. The van der Waals surface area contributed by atoms with E-state index >= 15 is 0 Å². The monoisotopic (exact) mass is 264 g/mol. The van der Waals surface area contributed by atoms with Crippen molar-refractivity contribution in [2.24, 2.45) is 0 Å². The van der Waals surface area contributed by atoms with Crippen molar-refractivity contribution in [2.75, 3.05) is 0 Å². The second-order valence-corrected chi connectivity index (χ2v) is 7.91. The zero-order chi connectivity index (χ0) is 9.97. The summed E-state index contributed by atoms with van der Waals surface area (Å²) in [6.07, 6.45) is 8.39. The van der Waals surface area contributed by atoms with Crippen molar-refractivity contribution in [1.82, 2.24) is 0 Å². The lowest BCUT2D eigenvalue weighted by atomic mass is 10.00. The van der Waals surface area contributed by atoms with Crippen LogP contribution in [0.1, 0.15) is 38.5 Å². The van der Waals surface area contributed by atoms with Crippen LogP contribution in [0.4, 0.5) is 0 Å². The minimum Gasteiger partial charge on any atom is -0.135 e. The maximum Gasteiger partial charge on any atom is 0.0572 e. The molecule has 2 aliphatic rings. The highest BCUT2D eigenvalue weighted by Gasteiger charge is 2.29. The van der Waals surface area contributed by atoms with Crippen LogP contribution in [0.25, 0.3) is 0 Å². The second-order valence-electron chi connectivity index (χ2n) is 3.91. The van der Waals surface area contributed by atoms with Crippen LogP contribution in [0.5, 0.6) is 0 Å². The van der Waals surface area contributed by atoms with E-state index in [1.54, 1.807) is 0 Å². The zero-order valence-corrected chi connectivity index (χ0v) is 11.5. The van der Waals surface area contributed by atoms with E-state index in [0.29, 0.717) is 0 Å². The molecule has 0 aromatic rings. The number of hydrogen-bond donors (Lipinski definition) is 2. The highest BCUT2D eigenvalue weighted by atomic mass is 32.2. The highest BCUT2D eigenvalue weighted by Crippen LogP contribution is 2.49. The molecule has 1 heterocycles. The molecule has 1 saturated carbocycles. The molecule has 0 amide bonds. The lowest BCUT2D eigenvalue weighted by Crippen LogP contribution is -2.23. The Morgan fingerprint density at radius 1 is 0.786 bits per heavy atom. The van der Waals surface area contributed by atoms with Gasteiger partial charge in [-0.1, -0.05) is 25.7 Å². The minimum absolute atomic E-state index is 0.795. The van der Waals surface area contributed by atoms with Gasteiger partial charge in [0.15, 0.2) is 0 Å². The molecule has 4 heteroatoms. The number of thiol groups is 2. The molecule has 1 fully saturated rings. The molecule has 1 aliphatic carbocycles. The summed E-state index contributed by atoms with van der Waals surface area (Å²) < 4.78 is 2.28. The molecule has 2 unspecified atom stereocenters. The Labute approximate surface area is 106 Å². The average molecular weight is 265 g/mol. The molecule has 0 nitrogen and oxygen atoms in total. The topological polar surface area (TPSA) is 0 Å². The summed E-state index contributed by atoms with van der Waals surface area (Å²) in [7, 11) is 0. The maximum absolute atomic E-state index is 4.48. The first kappa shape index (κ1) is 11.6. The van der Waals surface area contributed by atoms with Gasteiger partial charge in [-0.2, -0.15) is 0 Å². The van der Waals surface area contributed by atoms with Crippen molar-refractivity contribution in [3.8, 4) is 0 Å². The largest absolute Gasteiger partial charge is 0.135 e. The fraction of sp³-hybridized carbons (Fsp3) is 0.800. The van der Waals surface area contributed by atoms with Crippen molar-refractivity contribution in [3.63, 3.8) is 0 Å². The summed E-state index contributed by atoms with van der Waals surface area (Å²) >= 11 is 12.9. The first-order chi connectivity index (χ1) is 6.77. The van der Waals surface area contributed by atoms with Gasteiger partial charge in [-0.05, 0) is 12.8 Å². The van der Waals surface area contributed by atoms with Crippen LogP contribution in [-0.2, 0) is 0 Å². The molecule has 0 bridgehead atoms. The van der Waals surface area contributed by atoms with Gasteiger partial charge in [-0.3, -0.25) is 0 Å². The maximum atomic E-state index is 4.48. The van der Waals surface area contributed by atoms with Crippen molar-refractivity contribution in [3.05, 3.63) is 8.47 Å². The van der Waals surface area contributed by atoms with Crippen LogP contribution in [0.3, 0.4) is 0 Å². The smallest absolute Gasteiger partial charge is 0.0572 e. The molecule has 0 aromatic heterocycles. The summed E-state index contributed by atoms with van der Waals surface area (Å²) in [4.78, 5) is 0. The van der Waals surface area contributed by atoms with Crippen molar-refractivity contribution in [1.29, 1.82) is 0 Å². The summed E-state index contributed by atoms with van der Waals surface area (Å²) in [6, 6.07) is 0. The first-order valence-electron chi connectivity index (χ1n) is 5.23. The third kappa shape index (κ3) is 2.83. The molecule has 0 radical (unpaired) electrons. The Balaban J connectivity index is 2.04.